The van der Waals surface area contributed by atoms with Crippen LogP contribution in [0.5, 0.6) is 11.5 Å². The van der Waals surface area contributed by atoms with Crippen LogP contribution >= 0.6 is 39.3 Å². The molecule has 0 saturated heterocycles. The molecule has 3 aromatic rings. The summed E-state index contributed by atoms with van der Waals surface area (Å²) in [5.41, 5.74) is 2.72. The molecule has 1 aliphatic heterocycles. The summed E-state index contributed by atoms with van der Waals surface area (Å²) in [6.45, 7) is 7.91. The van der Waals surface area contributed by atoms with Crippen molar-refractivity contribution in [3.05, 3.63) is 68.3 Å². The number of hydrogen-bond donors (Lipinski definition) is 1. The summed E-state index contributed by atoms with van der Waals surface area (Å²) in [6.07, 6.45) is 1.87. The van der Waals surface area contributed by atoms with E-state index >= 15 is 0 Å². The van der Waals surface area contributed by atoms with E-state index in [2.05, 4.69) is 28.2 Å². The van der Waals surface area contributed by atoms with E-state index in [0.717, 1.165) is 29.7 Å². The molecule has 2 heterocycles. The minimum absolute atomic E-state index is 0.262. The van der Waals surface area contributed by atoms with E-state index in [9.17, 15) is 4.79 Å². The normalized spacial score (nSPS) is 14.7. The minimum atomic E-state index is -0.594. The average molecular weight is 636 g/mol. The Kier molecular flexibility index (Phi) is 9.85. The fraction of sp³-hybridized carbons (Fsp3) is 0.393. The van der Waals surface area contributed by atoms with Gasteiger partial charge in [-0.05, 0) is 66.9 Å². The van der Waals surface area contributed by atoms with Gasteiger partial charge in [-0.2, -0.15) is 4.98 Å². The quantitative estimate of drug-likeness (QED) is 0.132. The number of nitrogens with zero attached hydrogens (tertiary/aromatic N) is 3. The van der Waals surface area contributed by atoms with Crippen LogP contribution in [0.15, 0.2) is 57.3 Å². The first-order valence-corrected chi connectivity index (χ1v) is 14.9. The van der Waals surface area contributed by atoms with Gasteiger partial charge in [0.25, 0.3) is 0 Å². The van der Waals surface area contributed by atoms with Crippen LogP contribution in [0.3, 0.4) is 0 Å². The van der Waals surface area contributed by atoms with Crippen LogP contribution < -0.4 is 14.8 Å². The van der Waals surface area contributed by atoms with Gasteiger partial charge in [0.1, 0.15) is 12.6 Å². The number of thioether (sulfide) groups is 1. The highest BCUT2D eigenvalue weighted by Crippen LogP contribution is 2.43. The number of aromatic nitrogens is 3. The van der Waals surface area contributed by atoms with E-state index in [0.29, 0.717) is 43.4 Å². The molecular weight excluding hydrogens is 604 g/mol. The second-order valence-corrected chi connectivity index (χ2v) is 11.6. The SMILES string of the molecule is CCCCSc1nc2n(n1)C(c1cc(Br)c(OCc3ccccc3Cl)c(OC)c1)C(C(=O)OC(C)C)=C(C)N2. The first-order valence-electron chi connectivity index (χ1n) is 12.7. The van der Waals surface area contributed by atoms with Crippen molar-refractivity contribution in [2.75, 3.05) is 18.2 Å². The Morgan fingerprint density at radius 1 is 1.28 bits per heavy atom. The van der Waals surface area contributed by atoms with E-state index in [4.69, 9.17) is 35.9 Å². The molecule has 4 rings (SSSR count). The smallest absolute Gasteiger partial charge is 0.338 e. The Hall–Kier alpha value is -2.69. The molecule has 0 spiro atoms. The molecule has 8 nitrogen and oxygen atoms in total. The Morgan fingerprint density at radius 2 is 2.05 bits per heavy atom. The lowest BCUT2D eigenvalue weighted by molar-refractivity contribution is -0.143. The summed E-state index contributed by atoms with van der Waals surface area (Å²) in [7, 11) is 1.58. The van der Waals surface area contributed by atoms with E-state index in [1.54, 1.807) is 23.6 Å². The highest BCUT2D eigenvalue weighted by atomic mass is 79.9. The molecule has 0 radical (unpaired) electrons. The molecule has 0 fully saturated rings. The summed E-state index contributed by atoms with van der Waals surface area (Å²) < 4.78 is 19.9. The van der Waals surface area contributed by atoms with Crippen LogP contribution in [0.2, 0.25) is 5.02 Å². The number of allylic oxidation sites excluding steroid dienone is 1. The lowest BCUT2D eigenvalue weighted by Gasteiger charge is -2.29. The number of halogens is 2. The van der Waals surface area contributed by atoms with Gasteiger partial charge in [-0.15, -0.1) is 5.10 Å². The second kappa shape index (κ2) is 13.1. The first-order chi connectivity index (χ1) is 18.7. The topological polar surface area (TPSA) is 87.5 Å². The summed E-state index contributed by atoms with van der Waals surface area (Å²) in [4.78, 5) is 18.1. The third kappa shape index (κ3) is 6.73. The third-order valence-electron chi connectivity index (χ3n) is 6.02. The number of carbonyl (C=O) groups excluding carboxylic acids is 1. The van der Waals surface area contributed by atoms with Gasteiger partial charge in [-0.1, -0.05) is 54.9 Å². The van der Waals surface area contributed by atoms with Gasteiger partial charge in [-0.25, -0.2) is 9.48 Å². The Balaban J connectivity index is 1.75. The van der Waals surface area contributed by atoms with E-state index in [-0.39, 0.29) is 12.7 Å². The van der Waals surface area contributed by atoms with Gasteiger partial charge in [0.2, 0.25) is 11.1 Å². The lowest BCUT2D eigenvalue weighted by atomic mass is 9.95. The summed E-state index contributed by atoms with van der Waals surface area (Å²) >= 11 is 11.6. The van der Waals surface area contributed by atoms with E-state index < -0.39 is 12.0 Å². The maximum absolute atomic E-state index is 13.4. The van der Waals surface area contributed by atoms with Crippen molar-refractivity contribution < 1.29 is 19.0 Å². The maximum Gasteiger partial charge on any atom is 0.338 e. The molecule has 0 aliphatic carbocycles. The van der Waals surface area contributed by atoms with Gasteiger partial charge in [-0.3, -0.25) is 0 Å². The zero-order chi connectivity index (χ0) is 28.1. The second-order valence-electron chi connectivity index (χ2n) is 9.30. The third-order valence-corrected chi connectivity index (χ3v) is 7.90. The summed E-state index contributed by atoms with van der Waals surface area (Å²) in [5, 5.41) is 9.30. The van der Waals surface area contributed by atoms with Crippen LogP contribution in [-0.2, 0) is 16.1 Å². The van der Waals surface area contributed by atoms with Gasteiger partial charge < -0.3 is 19.5 Å². The molecule has 1 atom stereocenters. The Morgan fingerprint density at radius 3 is 2.74 bits per heavy atom. The van der Waals surface area contributed by atoms with Crippen LogP contribution in [0, 0.1) is 0 Å². The lowest BCUT2D eigenvalue weighted by Crippen LogP contribution is -2.30. The fourth-order valence-electron chi connectivity index (χ4n) is 4.15. The fourth-order valence-corrected chi connectivity index (χ4v) is 5.83. The van der Waals surface area contributed by atoms with Crippen LogP contribution in [0.25, 0.3) is 0 Å². The number of rotatable bonds is 11. The molecule has 0 bridgehead atoms. The summed E-state index contributed by atoms with van der Waals surface area (Å²) in [6, 6.07) is 10.7. The average Bonchev–Trinajstić information content (AvgIpc) is 3.29. The Bertz CT molecular complexity index is 1380. The number of hydrogen-bond acceptors (Lipinski definition) is 8. The molecule has 208 valence electrons. The number of ether oxygens (including phenoxy) is 3. The van der Waals surface area contributed by atoms with Gasteiger partial charge in [0.15, 0.2) is 11.5 Å². The molecule has 0 amide bonds. The maximum atomic E-state index is 13.4. The number of anilines is 1. The molecule has 1 N–H and O–H groups in total. The van der Waals surface area contributed by atoms with Gasteiger partial charge in [0, 0.05) is 22.0 Å². The zero-order valence-electron chi connectivity index (χ0n) is 22.6. The van der Waals surface area contributed by atoms with Gasteiger partial charge >= 0.3 is 5.97 Å². The monoisotopic (exact) mass is 634 g/mol. The van der Waals surface area contributed by atoms with Crippen molar-refractivity contribution in [2.45, 2.75) is 64.4 Å². The zero-order valence-corrected chi connectivity index (χ0v) is 25.7. The van der Waals surface area contributed by atoms with Crippen LogP contribution in [-0.4, -0.2) is 39.7 Å². The molecule has 1 aliphatic rings. The first kappa shape index (κ1) is 29.3. The summed E-state index contributed by atoms with van der Waals surface area (Å²) in [5.74, 6) is 2.08. The number of benzene rings is 2. The van der Waals surface area contributed by atoms with Crippen molar-refractivity contribution in [3.8, 4) is 11.5 Å². The number of nitrogens with one attached hydrogen (secondary N) is 1. The number of esters is 1. The van der Waals surface area contributed by atoms with Crippen molar-refractivity contribution in [1.82, 2.24) is 14.8 Å². The minimum Gasteiger partial charge on any atom is -0.493 e. The van der Waals surface area contributed by atoms with Crippen molar-refractivity contribution in [3.63, 3.8) is 0 Å². The van der Waals surface area contributed by atoms with Crippen molar-refractivity contribution in [1.29, 1.82) is 0 Å². The number of methoxy groups -OCH3 is 1. The van der Waals surface area contributed by atoms with Gasteiger partial charge in [0.05, 0.1) is 23.3 Å². The molecule has 2 aromatic carbocycles. The number of unbranched alkanes of at least 4 members (excludes halogenated alkanes) is 1. The van der Waals surface area contributed by atoms with Crippen molar-refractivity contribution >= 4 is 51.2 Å². The molecular formula is C28H32BrClN4O4S. The largest absolute Gasteiger partial charge is 0.493 e. The van der Waals surface area contributed by atoms with Crippen LogP contribution in [0.1, 0.15) is 57.7 Å². The molecule has 39 heavy (non-hydrogen) atoms. The highest BCUT2D eigenvalue weighted by Gasteiger charge is 2.36. The van der Waals surface area contributed by atoms with E-state index in [1.807, 2.05) is 57.2 Å². The predicted molar refractivity (Wildman–Crippen MR) is 158 cm³/mol. The standard InChI is InChI=1S/C28H32BrClN4O4S/c1-6-7-12-39-28-32-27-31-17(4)23(26(35)38-16(2)3)24(34(27)33-28)19-13-20(29)25(22(14-19)36-5)37-15-18-10-8-9-11-21(18)30/h8-11,13-14,16,24H,6-7,12,15H2,1-5H3,(H,31,32,33). The van der Waals surface area contributed by atoms with Crippen molar-refractivity contribution in [2.24, 2.45) is 0 Å². The molecule has 1 aromatic heterocycles. The Labute approximate surface area is 246 Å². The number of fused-ring (bicyclic) bond motifs is 1. The molecule has 11 heteroatoms. The van der Waals surface area contributed by atoms with E-state index in [1.165, 1.54) is 0 Å². The molecule has 1 unspecified atom stereocenters. The van der Waals surface area contributed by atoms with Crippen LogP contribution in [0.4, 0.5) is 5.95 Å². The number of carbonyl (C=O) groups is 1. The highest BCUT2D eigenvalue weighted by molar-refractivity contribution is 9.10. The predicted octanol–water partition coefficient (Wildman–Crippen LogP) is 7.41. The molecule has 0 saturated carbocycles.